The van der Waals surface area contributed by atoms with E-state index in [-0.39, 0.29) is 0 Å². The second kappa shape index (κ2) is 10.8. The molecule has 10 rings (SSSR count). The molecule has 226 valence electrons. The van der Waals surface area contributed by atoms with Crippen molar-refractivity contribution in [3.05, 3.63) is 145 Å². The van der Waals surface area contributed by atoms with E-state index in [1.165, 1.54) is 31.3 Å². The molecule has 1 aliphatic rings. The van der Waals surface area contributed by atoms with Crippen molar-refractivity contribution < 1.29 is 4.42 Å². The van der Waals surface area contributed by atoms with Crippen LogP contribution in [0, 0.1) is 0 Å². The van der Waals surface area contributed by atoms with E-state index in [2.05, 4.69) is 121 Å². The number of aryl methyl sites for hydroxylation is 1. The molecule has 0 radical (unpaired) electrons. The molecule has 5 heteroatoms. The van der Waals surface area contributed by atoms with E-state index >= 15 is 0 Å². The molecule has 0 aliphatic heterocycles. The van der Waals surface area contributed by atoms with Crippen LogP contribution < -0.4 is 0 Å². The Morgan fingerprint density at radius 2 is 1.27 bits per heavy atom. The molecular weight excluding hydrogens is 607 g/mol. The first-order valence-electron chi connectivity index (χ1n) is 16.3. The quantitative estimate of drug-likeness (QED) is 0.193. The number of fused-ring (bicyclic) bond motifs is 8. The zero-order valence-corrected chi connectivity index (χ0v) is 26.7. The van der Waals surface area contributed by atoms with Gasteiger partial charge >= 0.3 is 0 Å². The fourth-order valence-electron chi connectivity index (χ4n) is 7.15. The van der Waals surface area contributed by atoms with Crippen molar-refractivity contribution in [2.45, 2.75) is 12.8 Å². The minimum atomic E-state index is 0.657. The first-order chi connectivity index (χ1) is 23.8. The summed E-state index contributed by atoms with van der Waals surface area (Å²) in [6, 6.07) is 44.5. The zero-order chi connectivity index (χ0) is 31.6. The summed E-state index contributed by atoms with van der Waals surface area (Å²) in [5.41, 5.74) is 9.46. The molecule has 0 unspecified atom stereocenters. The van der Waals surface area contributed by atoms with Gasteiger partial charge in [-0.05, 0) is 59.9 Å². The van der Waals surface area contributed by atoms with Gasteiger partial charge < -0.3 is 4.42 Å². The molecule has 0 atom stereocenters. The summed E-state index contributed by atoms with van der Waals surface area (Å²) < 4.78 is 9.09. The van der Waals surface area contributed by atoms with Crippen LogP contribution in [-0.2, 0) is 6.42 Å². The van der Waals surface area contributed by atoms with Gasteiger partial charge in [-0.2, -0.15) is 0 Å². The van der Waals surface area contributed by atoms with Gasteiger partial charge in [0.1, 0.15) is 11.2 Å². The van der Waals surface area contributed by atoms with Crippen LogP contribution in [0.3, 0.4) is 0 Å². The van der Waals surface area contributed by atoms with Crippen molar-refractivity contribution >= 4 is 59.5 Å². The van der Waals surface area contributed by atoms with Crippen molar-refractivity contribution in [2.75, 3.05) is 0 Å². The molecule has 0 saturated heterocycles. The summed E-state index contributed by atoms with van der Waals surface area (Å²) in [4.78, 5) is 15.6. The van der Waals surface area contributed by atoms with Gasteiger partial charge in [-0.15, -0.1) is 11.3 Å². The van der Waals surface area contributed by atoms with Crippen LogP contribution in [-0.4, -0.2) is 15.0 Å². The van der Waals surface area contributed by atoms with Crippen LogP contribution in [0.2, 0.25) is 0 Å². The molecule has 4 nitrogen and oxygen atoms in total. The molecule has 0 amide bonds. The predicted molar refractivity (Wildman–Crippen MR) is 199 cm³/mol. The van der Waals surface area contributed by atoms with Crippen molar-refractivity contribution in [2.24, 2.45) is 0 Å². The molecule has 9 aromatic rings. The standard InChI is InChI=1S/C43H27N3OS/c1-3-12-26(13-4-1)28-22-23-36-33(24-28)34-25-35(29-16-7-8-17-30(29)40(34)47-36)43-45-41(27-14-5-2-6-15-27)44-42(46-43)32-19-11-21-38-39(32)31-18-9-10-20-37(31)48-38/h1-7,9-16,18-25H,8,17H2. The highest BCUT2D eigenvalue weighted by atomic mass is 32.1. The van der Waals surface area contributed by atoms with E-state index < -0.39 is 0 Å². The monoisotopic (exact) mass is 633 g/mol. The number of hydrogen-bond acceptors (Lipinski definition) is 5. The highest BCUT2D eigenvalue weighted by Gasteiger charge is 2.23. The molecule has 3 heterocycles. The summed E-state index contributed by atoms with van der Waals surface area (Å²) in [5.74, 6) is 1.99. The number of hydrogen-bond donors (Lipinski definition) is 0. The third kappa shape index (κ3) is 4.32. The van der Waals surface area contributed by atoms with Gasteiger partial charge in [0.05, 0.1) is 0 Å². The maximum atomic E-state index is 6.61. The van der Waals surface area contributed by atoms with Crippen LogP contribution in [0.5, 0.6) is 0 Å². The SMILES string of the molecule is C1=Cc2c(-c3nc(-c4ccccc4)nc(-c4cccc5sc6ccccc6c45)n3)cc3c(oc4ccc(-c5ccccc5)cc43)c2CC1. The summed E-state index contributed by atoms with van der Waals surface area (Å²) in [6.45, 7) is 0. The summed E-state index contributed by atoms with van der Waals surface area (Å²) in [7, 11) is 0. The number of benzene rings is 6. The maximum Gasteiger partial charge on any atom is 0.164 e. The fraction of sp³-hybridized carbons (Fsp3) is 0.0465. The van der Waals surface area contributed by atoms with Crippen molar-refractivity contribution in [3.63, 3.8) is 0 Å². The average Bonchev–Trinajstić information content (AvgIpc) is 3.73. The number of rotatable bonds is 4. The van der Waals surface area contributed by atoms with E-state index in [0.29, 0.717) is 17.5 Å². The van der Waals surface area contributed by atoms with Crippen molar-refractivity contribution in [1.82, 2.24) is 15.0 Å². The highest BCUT2D eigenvalue weighted by molar-refractivity contribution is 7.25. The molecule has 1 aliphatic carbocycles. The molecule has 3 aromatic heterocycles. The van der Waals surface area contributed by atoms with Gasteiger partial charge in [0.25, 0.3) is 0 Å². The number of furan rings is 1. The Kier molecular flexibility index (Phi) is 6.14. The van der Waals surface area contributed by atoms with Gasteiger partial charge in [0.2, 0.25) is 0 Å². The lowest BCUT2D eigenvalue weighted by molar-refractivity contribution is 0.661. The number of nitrogens with zero attached hydrogens (tertiary/aromatic N) is 3. The van der Waals surface area contributed by atoms with Crippen LogP contribution in [0.15, 0.2) is 138 Å². The number of allylic oxidation sites excluding steroid dienone is 1. The van der Waals surface area contributed by atoms with Gasteiger partial charge in [-0.25, -0.2) is 15.0 Å². The normalized spacial score (nSPS) is 12.8. The van der Waals surface area contributed by atoms with Gasteiger partial charge in [-0.3, -0.25) is 0 Å². The van der Waals surface area contributed by atoms with Crippen LogP contribution in [0.4, 0.5) is 0 Å². The Labute approximate surface area is 280 Å². The molecule has 6 aromatic carbocycles. The summed E-state index contributed by atoms with van der Waals surface area (Å²) in [6.07, 6.45) is 6.31. The topological polar surface area (TPSA) is 51.8 Å². The second-order valence-electron chi connectivity index (χ2n) is 12.3. The predicted octanol–water partition coefficient (Wildman–Crippen LogP) is 11.8. The third-order valence-electron chi connectivity index (χ3n) is 9.41. The van der Waals surface area contributed by atoms with E-state index in [1.807, 2.05) is 18.2 Å². The van der Waals surface area contributed by atoms with E-state index in [4.69, 9.17) is 19.4 Å². The number of thiophene rings is 1. The molecule has 0 saturated carbocycles. The molecule has 0 N–H and O–H groups in total. The Bertz CT molecular complexity index is 2720. The van der Waals surface area contributed by atoms with Crippen LogP contribution in [0.1, 0.15) is 17.5 Å². The van der Waals surface area contributed by atoms with Gasteiger partial charge in [0, 0.05) is 53.2 Å². The Morgan fingerprint density at radius 1 is 0.542 bits per heavy atom. The molecule has 0 fully saturated rings. The lowest BCUT2D eigenvalue weighted by atomic mass is 9.90. The minimum absolute atomic E-state index is 0.657. The first kappa shape index (κ1) is 27.2. The number of aromatic nitrogens is 3. The Hall–Kier alpha value is -5.91. The largest absolute Gasteiger partial charge is 0.456 e. The smallest absolute Gasteiger partial charge is 0.164 e. The summed E-state index contributed by atoms with van der Waals surface area (Å²) >= 11 is 1.80. The van der Waals surface area contributed by atoms with Crippen LogP contribution >= 0.6 is 11.3 Å². The van der Waals surface area contributed by atoms with Crippen molar-refractivity contribution in [3.8, 4) is 45.3 Å². The molecular formula is C43H27N3OS. The molecule has 0 bridgehead atoms. The Morgan fingerprint density at radius 3 is 2.12 bits per heavy atom. The maximum absolute atomic E-state index is 6.61. The summed E-state index contributed by atoms with van der Waals surface area (Å²) in [5, 5.41) is 4.58. The molecule has 0 spiro atoms. The molecule has 48 heavy (non-hydrogen) atoms. The third-order valence-corrected chi connectivity index (χ3v) is 10.5. The first-order valence-corrected chi connectivity index (χ1v) is 17.1. The average molecular weight is 634 g/mol. The van der Waals surface area contributed by atoms with Gasteiger partial charge in [-0.1, -0.05) is 109 Å². The zero-order valence-electron chi connectivity index (χ0n) is 25.9. The lowest BCUT2D eigenvalue weighted by Crippen LogP contribution is -2.04. The van der Waals surface area contributed by atoms with E-state index in [0.717, 1.165) is 62.6 Å². The van der Waals surface area contributed by atoms with Crippen LogP contribution in [0.25, 0.3) is 93.5 Å². The fourth-order valence-corrected chi connectivity index (χ4v) is 8.28. The highest BCUT2D eigenvalue weighted by Crippen LogP contribution is 2.43. The van der Waals surface area contributed by atoms with Crippen molar-refractivity contribution in [1.29, 1.82) is 0 Å². The second-order valence-corrected chi connectivity index (χ2v) is 13.3. The van der Waals surface area contributed by atoms with E-state index in [9.17, 15) is 0 Å². The van der Waals surface area contributed by atoms with E-state index in [1.54, 1.807) is 11.3 Å². The minimum Gasteiger partial charge on any atom is -0.456 e. The lowest BCUT2D eigenvalue weighted by Gasteiger charge is -2.16. The van der Waals surface area contributed by atoms with Gasteiger partial charge in [0.15, 0.2) is 17.5 Å². The Balaban J connectivity index is 1.26.